The van der Waals surface area contributed by atoms with Crippen LogP contribution < -0.4 is 5.73 Å². The normalized spacial score (nSPS) is 16.7. The molecule has 0 unspecified atom stereocenters. The Balaban J connectivity index is 1.71. The summed E-state index contributed by atoms with van der Waals surface area (Å²) >= 11 is 1.81. The molecule has 0 aromatic heterocycles. The number of hydrogen-bond acceptors (Lipinski definition) is 3. The Labute approximate surface area is 119 Å². The fourth-order valence-electron chi connectivity index (χ4n) is 1.85. The van der Waals surface area contributed by atoms with Gasteiger partial charge in [-0.2, -0.15) is 0 Å². The zero-order chi connectivity index (χ0) is 13.5. The Morgan fingerprint density at radius 1 is 1.32 bits per heavy atom. The van der Waals surface area contributed by atoms with Crippen LogP contribution in [-0.4, -0.2) is 49.5 Å². The molecule has 1 aromatic rings. The molecule has 104 valence electrons. The molecule has 2 rings (SSSR count). The van der Waals surface area contributed by atoms with Gasteiger partial charge in [0.05, 0.1) is 19.8 Å². The molecule has 0 amide bonds. The Kier molecular flexibility index (Phi) is 5.54. The minimum absolute atomic E-state index is 0.646. The summed E-state index contributed by atoms with van der Waals surface area (Å²) in [6.45, 7) is 6.03. The Bertz CT molecular complexity index is 413. The van der Waals surface area contributed by atoms with E-state index < -0.39 is 0 Å². The van der Waals surface area contributed by atoms with Gasteiger partial charge in [-0.05, 0) is 19.1 Å². The molecule has 0 atom stereocenters. The molecule has 1 saturated heterocycles. The molecule has 4 nitrogen and oxygen atoms in total. The predicted octanol–water partition coefficient (Wildman–Crippen LogP) is 1.73. The maximum atomic E-state index is 5.96. The SMILES string of the molecule is Cc1ccc(SCCN=C(N)N2CCOCC2)cc1. The van der Waals surface area contributed by atoms with Crippen LogP contribution in [-0.2, 0) is 4.74 Å². The van der Waals surface area contributed by atoms with Crippen LogP contribution in [0.1, 0.15) is 5.56 Å². The maximum Gasteiger partial charge on any atom is 0.191 e. The molecule has 1 aliphatic rings. The molecule has 1 heterocycles. The predicted molar refractivity (Wildman–Crippen MR) is 80.8 cm³/mol. The summed E-state index contributed by atoms with van der Waals surface area (Å²) in [6, 6.07) is 8.56. The first-order valence-electron chi connectivity index (χ1n) is 6.58. The lowest BCUT2D eigenvalue weighted by atomic mass is 10.2. The molecule has 2 N–H and O–H groups in total. The standard InChI is InChI=1S/C14H21N3OS/c1-12-2-4-13(5-3-12)19-11-6-16-14(15)17-7-9-18-10-8-17/h2-5H,6-11H2,1H3,(H2,15,16). The van der Waals surface area contributed by atoms with E-state index in [9.17, 15) is 0 Å². The van der Waals surface area contributed by atoms with Crippen LogP contribution in [0.5, 0.6) is 0 Å². The minimum Gasteiger partial charge on any atom is -0.378 e. The molecular formula is C14H21N3OS. The van der Waals surface area contributed by atoms with Crippen LogP contribution >= 0.6 is 11.8 Å². The highest BCUT2D eigenvalue weighted by Gasteiger charge is 2.11. The number of aliphatic imine (C=N–C) groups is 1. The first kappa shape index (κ1) is 14.2. The number of nitrogens with zero attached hydrogens (tertiary/aromatic N) is 2. The van der Waals surface area contributed by atoms with E-state index in [1.54, 1.807) is 0 Å². The summed E-state index contributed by atoms with van der Waals surface area (Å²) in [4.78, 5) is 7.79. The summed E-state index contributed by atoms with van der Waals surface area (Å²) in [7, 11) is 0. The van der Waals surface area contributed by atoms with Crippen LogP contribution in [0.15, 0.2) is 34.2 Å². The Hall–Kier alpha value is -1.20. The largest absolute Gasteiger partial charge is 0.378 e. The number of aryl methyl sites for hydroxylation is 1. The lowest BCUT2D eigenvalue weighted by Gasteiger charge is -2.27. The molecule has 1 aliphatic heterocycles. The number of thioether (sulfide) groups is 1. The lowest BCUT2D eigenvalue weighted by molar-refractivity contribution is 0.0674. The summed E-state index contributed by atoms with van der Waals surface area (Å²) in [5, 5.41) is 0. The molecule has 0 radical (unpaired) electrons. The second kappa shape index (κ2) is 7.40. The summed E-state index contributed by atoms with van der Waals surface area (Å²) in [6.07, 6.45) is 0. The zero-order valence-electron chi connectivity index (χ0n) is 11.3. The van der Waals surface area contributed by atoms with Gasteiger partial charge in [0.2, 0.25) is 0 Å². The number of morpholine rings is 1. The van der Waals surface area contributed by atoms with E-state index in [0.29, 0.717) is 5.96 Å². The lowest BCUT2D eigenvalue weighted by Crippen LogP contribution is -2.44. The fraction of sp³-hybridized carbons (Fsp3) is 0.500. The number of guanidine groups is 1. The van der Waals surface area contributed by atoms with Gasteiger partial charge in [0.1, 0.15) is 0 Å². The van der Waals surface area contributed by atoms with E-state index in [0.717, 1.165) is 38.6 Å². The number of rotatable bonds is 4. The van der Waals surface area contributed by atoms with E-state index in [2.05, 4.69) is 41.1 Å². The molecular weight excluding hydrogens is 258 g/mol. The van der Waals surface area contributed by atoms with Gasteiger partial charge in [-0.1, -0.05) is 17.7 Å². The van der Waals surface area contributed by atoms with Crippen molar-refractivity contribution in [3.8, 4) is 0 Å². The van der Waals surface area contributed by atoms with Gasteiger partial charge in [-0.15, -0.1) is 11.8 Å². The highest BCUT2D eigenvalue weighted by Crippen LogP contribution is 2.17. The van der Waals surface area contributed by atoms with E-state index >= 15 is 0 Å². The van der Waals surface area contributed by atoms with Gasteiger partial charge in [-0.3, -0.25) is 4.99 Å². The van der Waals surface area contributed by atoms with Crippen LogP contribution in [0.25, 0.3) is 0 Å². The van der Waals surface area contributed by atoms with Gasteiger partial charge in [0.15, 0.2) is 5.96 Å². The van der Waals surface area contributed by atoms with Crippen LogP contribution in [0.4, 0.5) is 0 Å². The number of ether oxygens (including phenoxy) is 1. The average molecular weight is 279 g/mol. The second-order valence-corrected chi connectivity index (χ2v) is 5.67. The van der Waals surface area contributed by atoms with Crippen LogP contribution in [0, 0.1) is 6.92 Å². The van der Waals surface area contributed by atoms with Crippen LogP contribution in [0.3, 0.4) is 0 Å². The summed E-state index contributed by atoms with van der Waals surface area (Å²) in [5.74, 6) is 1.60. The van der Waals surface area contributed by atoms with E-state index in [1.807, 2.05) is 11.8 Å². The van der Waals surface area contributed by atoms with Crippen molar-refractivity contribution < 1.29 is 4.74 Å². The van der Waals surface area contributed by atoms with Gasteiger partial charge >= 0.3 is 0 Å². The van der Waals surface area contributed by atoms with Crippen molar-refractivity contribution in [1.29, 1.82) is 0 Å². The molecule has 0 spiro atoms. The van der Waals surface area contributed by atoms with Gasteiger partial charge in [0.25, 0.3) is 0 Å². The topological polar surface area (TPSA) is 50.8 Å². The highest BCUT2D eigenvalue weighted by molar-refractivity contribution is 7.99. The van der Waals surface area contributed by atoms with Gasteiger partial charge in [0, 0.05) is 23.7 Å². The number of benzene rings is 1. The van der Waals surface area contributed by atoms with Crippen molar-refractivity contribution in [2.24, 2.45) is 10.7 Å². The van der Waals surface area contributed by atoms with Crippen molar-refractivity contribution in [2.45, 2.75) is 11.8 Å². The van der Waals surface area contributed by atoms with Crippen molar-refractivity contribution in [1.82, 2.24) is 4.90 Å². The van der Waals surface area contributed by atoms with E-state index in [-0.39, 0.29) is 0 Å². The maximum absolute atomic E-state index is 5.96. The Morgan fingerprint density at radius 2 is 2.00 bits per heavy atom. The average Bonchev–Trinajstić information content (AvgIpc) is 2.46. The first-order valence-corrected chi connectivity index (χ1v) is 7.56. The summed E-state index contributed by atoms with van der Waals surface area (Å²) < 4.78 is 5.29. The van der Waals surface area contributed by atoms with Crippen molar-refractivity contribution >= 4 is 17.7 Å². The molecule has 0 bridgehead atoms. The third kappa shape index (κ3) is 4.76. The minimum atomic E-state index is 0.646. The smallest absolute Gasteiger partial charge is 0.191 e. The van der Waals surface area contributed by atoms with Gasteiger partial charge in [-0.25, -0.2) is 0 Å². The van der Waals surface area contributed by atoms with E-state index in [4.69, 9.17) is 10.5 Å². The molecule has 0 saturated carbocycles. The zero-order valence-corrected chi connectivity index (χ0v) is 12.2. The molecule has 1 fully saturated rings. The Morgan fingerprint density at radius 3 is 2.68 bits per heavy atom. The highest BCUT2D eigenvalue weighted by atomic mass is 32.2. The quantitative estimate of drug-likeness (QED) is 0.395. The van der Waals surface area contributed by atoms with Crippen LogP contribution in [0.2, 0.25) is 0 Å². The summed E-state index contributed by atoms with van der Waals surface area (Å²) in [5.41, 5.74) is 7.25. The van der Waals surface area contributed by atoms with E-state index in [1.165, 1.54) is 10.5 Å². The van der Waals surface area contributed by atoms with Crippen molar-refractivity contribution in [3.05, 3.63) is 29.8 Å². The first-order chi connectivity index (χ1) is 9.25. The van der Waals surface area contributed by atoms with Crippen molar-refractivity contribution in [3.63, 3.8) is 0 Å². The number of nitrogens with two attached hydrogens (primary N) is 1. The number of hydrogen-bond donors (Lipinski definition) is 1. The monoisotopic (exact) mass is 279 g/mol. The third-order valence-electron chi connectivity index (χ3n) is 2.99. The third-order valence-corrected chi connectivity index (χ3v) is 3.98. The molecule has 19 heavy (non-hydrogen) atoms. The van der Waals surface area contributed by atoms with Crippen molar-refractivity contribution in [2.75, 3.05) is 38.6 Å². The molecule has 0 aliphatic carbocycles. The molecule has 5 heteroatoms. The fourth-order valence-corrected chi connectivity index (χ4v) is 2.60. The second-order valence-electron chi connectivity index (χ2n) is 4.50. The van der Waals surface area contributed by atoms with Gasteiger partial charge < -0.3 is 15.4 Å². The molecule has 1 aromatic carbocycles.